The van der Waals surface area contributed by atoms with E-state index in [1.807, 2.05) is 0 Å². The van der Waals surface area contributed by atoms with Gasteiger partial charge < -0.3 is 5.11 Å². The smallest absolute Gasteiger partial charge is 0.322 e. The number of piperidine rings is 1. The standard InChI is InChI=1S/C11H18N2O4S/c1-3-4-10(11(14)15)12-18(16,17)13-7-5-9(2)6-8-13/h1,9-10,12H,4-8H2,2H3,(H,14,15). The topological polar surface area (TPSA) is 86.7 Å². The first-order chi connectivity index (χ1) is 8.36. The Morgan fingerprint density at radius 2 is 2.11 bits per heavy atom. The predicted molar refractivity (Wildman–Crippen MR) is 66.9 cm³/mol. The third kappa shape index (κ3) is 3.98. The lowest BCUT2D eigenvalue weighted by Crippen LogP contribution is -2.50. The van der Waals surface area contributed by atoms with Gasteiger partial charge in [-0.2, -0.15) is 17.4 Å². The van der Waals surface area contributed by atoms with Crippen LogP contribution in [0.5, 0.6) is 0 Å². The summed E-state index contributed by atoms with van der Waals surface area (Å²) in [6, 6.07) is -1.26. The van der Waals surface area contributed by atoms with Gasteiger partial charge in [0.2, 0.25) is 0 Å². The highest BCUT2D eigenvalue weighted by Gasteiger charge is 2.30. The van der Waals surface area contributed by atoms with E-state index in [1.54, 1.807) is 0 Å². The number of hydrogen-bond acceptors (Lipinski definition) is 3. The van der Waals surface area contributed by atoms with Crippen LogP contribution in [0.4, 0.5) is 0 Å². The van der Waals surface area contributed by atoms with Gasteiger partial charge in [-0.25, -0.2) is 0 Å². The van der Waals surface area contributed by atoms with Crippen LogP contribution in [0.1, 0.15) is 26.2 Å². The number of aliphatic carboxylic acids is 1. The molecule has 1 heterocycles. The minimum Gasteiger partial charge on any atom is -0.480 e. The summed E-state index contributed by atoms with van der Waals surface area (Å²) < 4.78 is 27.3. The van der Waals surface area contributed by atoms with E-state index in [1.165, 1.54) is 4.31 Å². The van der Waals surface area contributed by atoms with Crippen molar-refractivity contribution in [3.05, 3.63) is 0 Å². The van der Waals surface area contributed by atoms with Gasteiger partial charge in [-0.15, -0.1) is 12.3 Å². The molecule has 0 amide bonds. The Morgan fingerprint density at radius 1 is 1.56 bits per heavy atom. The number of carboxylic acid groups (broad SMARTS) is 1. The minimum absolute atomic E-state index is 0.168. The van der Waals surface area contributed by atoms with E-state index in [9.17, 15) is 13.2 Å². The minimum atomic E-state index is -3.77. The number of carbonyl (C=O) groups is 1. The lowest BCUT2D eigenvalue weighted by atomic mass is 10.0. The van der Waals surface area contributed by atoms with E-state index < -0.39 is 22.2 Å². The third-order valence-corrected chi connectivity index (χ3v) is 4.62. The molecule has 0 aromatic carbocycles. The van der Waals surface area contributed by atoms with Gasteiger partial charge in [-0.05, 0) is 18.8 Å². The largest absolute Gasteiger partial charge is 0.480 e. The van der Waals surface area contributed by atoms with Crippen LogP contribution in [0.2, 0.25) is 0 Å². The van der Waals surface area contributed by atoms with Gasteiger partial charge in [0, 0.05) is 19.5 Å². The summed E-state index contributed by atoms with van der Waals surface area (Å²) in [6.07, 6.45) is 6.42. The van der Waals surface area contributed by atoms with Crippen molar-refractivity contribution in [3.8, 4) is 12.3 Å². The van der Waals surface area contributed by atoms with Crippen LogP contribution in [0, 0.1) is 18.3 Å². The summed E-state index contributed by atoms with van der Waals surface area (Å²) in [5.41, 5.74) is 0. The number of rotatable bonds is 5. The van der Waals surface area contributed by atoms with Crippen LogP contribution >= 0.6 is 0 Å². The molecule has 2 N–H and O–H groups in total. The van der Waals surface area contributed by atoms with Crippen molar-refractivity contribution in [2.45, 2.75) is 32.2 Å². The van der Waals surface area contributed by atoms with E-state index >= 15 is 0 Å². The quantitative estimate of drug-likeness (QED) is 0.692. The van der Waals surface area contributed by atoms with Gasteiger partial charge in [-0.1, -0.05) is 6.92 Å². The predicted octanol–water partition coefficient (Wildman–Crippen LogP) is 0.0292. The molecule has 0 spiro atoms. The normalized spacial score (nSPS) is 20.2. The molecule has 1 fully saturated rings. The van der Waals surface area contributed by atoms with E-state index in [0.717, 1.165) is 12.8 Å². The molecule has 1 atom stereocenters. The van der Waals surface area contributed by atoms with Gasteiger partial charge in [0.25, 0.3) is 10.2 Å². The second-order valence-corrected chi connectivity index (χ2v) is 6.21. The van der Waals surface area contributed by atoms with Crippen molar-refractivity contribution in [3.63, 3.8) is 0 Å². The van der Waals surface area contributed by atoms with Crippen LogP contribution in [0.3, 0.4) is 0 Å². The first-order valence-electron chi connectivity index (χ1n) is 5.80. The molecule has 1 unspecified atom stereocenters. The van der Waals surface area contributed by atoms with E-state index in [2.05, 4.69) is 17.6 Å². The van der Waals surface area contributed by atoms with Crippen molar-refractivity contribution in [1.82, 2.24) is 9.03 Å². The molecular weight excluding hydrogens is 256 g/mol. The van der Waals surface area contributed by atoms with Crippen molar-refractivity contribution in [2.24, 2.45) is 5.92 Å². The van der Waals surface area contributed by atoms with E-state index in [-0.39, 0.29) is 6.42 Å². The molecule has 7 heteroatoms. The second-order valence-electron chi connectivity index (χ2n) is 4.50. The van der Waals surface area contributed by atoms with Gasteiger partial charge >= 0.3 is 5.97 Å². The SMILES string of the molecule is C#CCC(NS(=O)(=O)N1CCC(C)CC1)C(=O)O. The summed E-state index contributed by atoms with van der Waals surface area (Å²) in [6.45, 7) is 2.90. The molecule has 1 aliphatic rings. The molecule has 18 heavy (non-hydrogen) atoms. The number of nitrogens with zero attached hydrogens (tertiary/aromatic N) is 1. The number of hydrogen-bond donors (Lipinski definition) is 2. The summed E-state index contributed by atoms with van der Waals surface area (Å²) >= 11 is 0. The summed E-state index contributed by atoms with van der Waals surface area (Å²) in [4.78, 5) is 10.9. The fourth-order valence-electron chi connectivity index (χ4n) is 1.78. The van der Waals surface area contributed by atoms with Gasteiger partial charge in [0.05, 0.1) is 0 Å². The molecule has 1 aliphatic heterocycles. The van der Waals surface area contributed by atoms with Crippen LogP contribution in [-0.2, 0) is 15.0 Å². The maximum atomic E-state index is 12.0. The Kier molecular flexibility index (Phi) is 5.14. The Hall–Kier alpha value is -1.10. The fourth-order valence-corrected chi connectivity index (χ4v) is 3.16. The number of terminal acetylenes is 1. The molecule has 0 aromatic heterocycles. The maximum absolute atomic E-state index is 12.0. The fraction of sp³-hybridized carbons (Fsp3) is 0.727. The number of carboxylic acids is 1. The van der Waals surface area contributed by atoms with Gasteiger partial charge in [0.1, 0.15) is 6.04 Å². The highest BCUT2D eigenvalue weighted by Crippen LogP contribution is 2.18. The Balaban J connectivity index is 2.69. The Labute approximate surface area is 108 Å². The third-order valence-electron chi connectivity index (χ3n) is 2.99. The van der Waals surface area contributed by atoms with Gasteiger partial charge in [0.15, 0.2) is 0 Å². The summed E-state index contributed by atoms with van der Waals surface area (Å²) in [5.74, 6) is 1.39. The highest BCUT2D eigenvalue weighted by atomic mass is 32.2. The molecule has 6 nitrogen and oxygen atoms in total. The van der Waals surface area contributed by atoms with Crippen LogP contribution < -0.4 is 4.72 Å². The molecule has 0 saturated carbocycles. The average molecular weight is 274 g/mol. The average Bonchev–Trinajstić information content (AvgIpc) is 2.28. The van der Waals surface area contributed by atoms with E-state index in [4.69, 9.17) is 11.5 Å². The Morgan fingerprint density at radius 3 is 2.56 bits per heavy atom. The highest BCUT2D eigenvalue weighted by molar-refractivity contribution is 7.87. The van der Waals surface area contributed by atoms with Crippen molar-refractivity contribution >= 4 is 16.2 Å². The number of nitrogens with one attached hydrogen (secondary N) is 1. The molecule has 0 bridgehead atoms. The summed E-state index contributed by atoms with van der Waals surface area (Å²) in [7, 11) is -3.77. The summed E-state index contributed by atoms with van der Waals surface area (Å²) in [5, 5.41) is 8.87. The zero-order valence-corrected chi connectivity index (χ0v) is 11.1. The second kappa shape index (κ2) is 6.18. The van der Waals surface area contributed by atoms with E-state index in [0.29, 0.717) is 19.0 Å². The molecule has 1 saturated heterocycles. The van der Waals surface area contributed by atoms with Crippen molar-refractivity contribution < 1.29 is 18.3 Å². The molecular formula is C11H18N2O4S. The zero-order valence-electron chi connectivity index (χ0n) is 10.3. The molecule has 0 radical (unpaired) electrons. The molecule has 0 aromatic rings. The van der Waals surface area contributed by atoms with Crippen LogP contribution in [0.25, 0.3) is 0 Å². The van der Waals surface area contributed by atoms with Gasteiger partial charge in [-0.3, -0.25) is 4.79 Å². The molecule has 102 valence electrons. The van der Waals surface area contributed by atoms with Crippen LogP contribution in [-0.4, -0.2) is 42.9 Å². The lowest BCUT2D eigenvalue weighted by molar-refractivity contribution is -0.138. The first kappa shape index (κ1) is 15.0. The van der Waals surface area contributed by atoms with Crippen molar-refractivity contribution in [2.75, 3.05) is 13.1 Å². The molecule has 0 aliphatic carbocycles. The Bertz CT molecular complexity index is 432. The van der Waals surface area contributed by atoms with Crippen molar-refractivity contribution in [1.29, 1.82) is 0 Å². The monoisotopic (exact) mass is 274 g/mol. The molecule has 1 rings (SSSR count). The zero-order chi connectivity index (χ0) is 13.8. The lowest BCUT2D eigenvalue weighted by Gasteiger charge is -2.30. The first-order valence-corrected chi connectivity index (χ1v) is 7.24. The van der Waals surface area contributed by atoms with Crippen LogP contribution in [0.15, 0.2) is 0 Å². The maximum Gasteiger partial charge on any atom is 0.322 e.